The minimum Gasteiger partial charge on any atom is -0.349 e. The lowest BCUT2D eigenvalue weighted by Gasteiger charge is -2.38. The fraction of sp³-hybridized carbons (Fsp3) is 0.519. The highest BCUT2D eigenvalue weighted by Crippen LogP contribution is 2.42. The largest absolute Gasteiger partial charge is 0.349 e. The molecular weight excluding hydrogens is 448 g/mol. The Hall–Kier alpha value is -2.44. The Labute approximate surface area is 207 Å². The van der Waals surface area contributed by atoms with Crippen LogP contribution >= 0.6 is 11.6 Å². The summed E-state index contributed by atoms with van der Waals surface area (Å²) in [5.41, 5.74) is 1.83. The number of halogens is 1. The van der Waals surface area contributed by atoms with Gasteiger partial charge in [0.05, 0.1) is 11.5 Å². The quantitative estimate of drug-likeness (QED) is 0.603. The maximum atomic E-state index is 13.3. The molecule has 0 radical (unpaired) electrons. The molecule has 2 aliphatic heterocycles. The number of rotatable bonds is 8. The van der Waals surface area contributed by atoms with Gasteiger partial charge in [0.25, 0.3) is 0 Å². The number of hydrogen-bond acceptors (Lipinski definition) is 4. The second kappa shape index (κ2) is 10.9. The summed E-state index contributed by atoms with van der Waals surface area (Å²) >= 11 is 6.46. The fourth-order valence-corrected chi connectivity index (χ4v) is 5.40. The smallest absolute Gasteiger partial charge is 0.229 e. The number of carbonyl (C=O) groups is 2. The van der Waals surface area contributed by atoms with Gasteiger partial charge in [-0.05, 0) is 62.0 Å². The number of piperidine rings is 1. The third-order valence-corrected chi connectivity index (χ3v) is 7.71. The summed E-state index contributed by atoms with van der Waals surface area (Å²) in [5.74, 6) is 0.254. The molecule has 0 bridgehead atoms. The van der Waals surface area contributed by atoms with Crippen LogP contribution in [0.2, 0.25) is 5.02 Å². The van der Waals surface area contributed by atoms with Gasteiger partial charge < -0.3 is 15.1 Å². The van der Waals surface area contributed by atoms with Gasteiger partial charge in [-0.3, -0.25) is 14.6 Å². The van der Waals surface area contributed by atoms with Crippen LogP contribution in [-0.2, 0) is 16.1 Å². The molecule has 0 aliphatic carbocycles. The molecule has 182 valence electrons. The Morgan fingerprint density at radius 3 is 2.53 bits per heavy atom. The van der Waals surface area contributed by atoms with Crippen molar-refractivity contribution in [2.75, 3.05) is 26.2 Å². The lowest BCUT2D eigenvalue weighted by molar-refractivity contribution is -0.139. The first-order valence-corrected chi connectivity index (χ1v) is 12.7. The molecule has 6 nitrogen and oxygen atoms in total. The van der Waals surface area contributed by atoms with Crippen molar-refractivity contribution in [1.82, 2.24) is 20.1 Å². The molecule has 1 atom stereocenters. The van der Waals surface area contributed by atoms with Gasteiger partial charge in [0.15, 0.2) is 0 Å². The molecule has 1 N–H and O–H groups in total. The average Bonchev–Trinajstić information content (AvgIpc) is 3.13. The van der Waals surface area contributed by atoms with E-state index in [9.17, 15) is 9.59 Å². The van der Waals surface area contributed by atoms with Gasteiger partial charge >= 0.3 is 0 Å². The third kappa shape index (κ3) is 5.61. The molecular formula is C27H35ClN4O2. The predicted molar refractivity (Wildman–Crippen MR) is 134 cm³/mol. The van der Waals surface area contributed by atoms with Crippen LogP contribution in [0.25, 0.3) is 0 Å². The van der Waals surface area contributed by atoms with Crippen LogP contribution < -0.4 is 5.32 Å². The summed E-state index contributed by atoms with van der Waals surface area (Å²) in [4.78, 5) is 34.3. The Bertz CT molecular complexity index is 989. The van der Waals surface area contributed by atoms with Crippen molar-refractivity contribution in [2.24, 2.45) is 11.3 Å². The molecule has 2 aliphatic rings. The van der Waals surface area contributed by atoms with Crippen molar-refractivity contribution in [3.63, 3.8) is 0 Å². The molecule has 34 heavy (non-hydrogen) atoms. The van der Waals surface area contributed by atoms with Crippen LogP contribution in [0.1, 0.15) is 56.7 Å². The van der Waals surface area contributed by atoms with Crippen LogP contribution in [0.5, 0.6) is 0 Å². The highest BCUT2D eigenvalue weighted by Gasteiger charge is 2.47. The Balaban J connectivity index is 1.33. The maximum absolute atomic E-state index is 13.3. The molecule has 1 aromatic carbocycles. The summed E-state index contributed by atoms with van der Waals surface area (Å²) in [5, 5.41) is 3.86. The van der Waals surface area contributed by atoms with E-state index in [1.165, 1.54) is 0 Å². The maximum Gasteiger partial charge on any atom is 0.229 e. The summed E-state index contributed by atoms with van der Waals surface area (Å²) in [6.45, 7) is 7.94. The van der Waals surface area contributed by atoms with Crippen LogP contribution in [-0.4, -0.2) is 52.8 Å². The molecule has 2 fully saturated rings. The first kappa shape index (κ1) is 24.7. The van der Waals surface area contributed by atoms with Crippen LogP contribution in [0.15, 0.2) is 48.8 Å². The van der Waals surface area contributed by atoms with Crippen molar-refractivity contribution in [2.45, 2.75) is 52.1 Å². The van der Waals surface area contributed by atoms with Crippen molar-refractivity contribution in [1.29, 1.82) is 0 Å². The van der Waals surface area contributed by atoms with Gasteiger partial charge in [-0.1, -0.05) is 49.7 Å². The number of likely N-dealkylation sites (tertiary alicyclic amines) is 2. The van der Waals surface area contributed by atoms with Gasteiger partial charge in [-0.2, -0.15) is 0 Å². The summed E-state index contributed by atoms with van der Waals surface area (Å²) in [6, 6.07) is 11.6. The van der Waals surface area contributed by atoms with Crippen molar-refractivity contribution < 1.29 is 9.59 Å². The molecule has 0 saturated carbocycles. The number of nitrogens with one attached hydrogen (secondary N) is 1. The van der Waals surface area contributed by atoms with E-state index in [0.29, 0.717) is 17.5 Å². The Morgan fingerprint density at radius 2 is 1.85 bits per heavy atom. The van der Waals surface area contributed by atoms with E-state index in [-0.39, 0.29) is 23.3 Å². The van der Waals surface area contributed by atoms with E-state index in [1.54, 1.807) is 6.20 Å². The van der Waals surface area contributed by atoms with E-state index in [4.69, 9.17) is 11.6 Å². The molecule has 2 saturated heterocycles. The third-order valence-electron chi connectivity index (χ3n) is 7.37. The number of aromatic nitrogens is 1. The van der Waals surface area contributed by atoms with Crippen LogP contribution in [0.3, 0.4) is 0 Å². The number of hydrogen-bond donors (Lipinski definition) is 1. The summed E-state index contributed by atoms with van der Waals surface area (Å²) in [6.07, 6.45) is 7.11. The molecule has 4 rings (SSSR count). The van der Waals surface area contributed by atoms with Crippen molar-refractivity contribution in [3.8, 4) is 0 Å². The lowest BCUT2D eigenvalue weighted by atomic mass is 9.77. The van der Waals surface area contributed by atoms with E-state index in [1.807, 2.05) is 61.3 Å². The standard InChI is InChI=1S/C27H35ClN4O2/c1-20(2)25(33)30-24(22-7-3-4-8-23(22)28)9-14-31-15-10-27(11-16-31)12-17-32(26(27)34)19-21-6-5-13-29-18-21/h3-8,13,18,20,24H,9-12,14-17,19H2,1-2H3,(H,30,33). The zero-order valence-corrected chi connectivity index (χ0v) is 20.9. The molecule has 1 unspecified atom stereocenters. The topological polar surface area (TPSA) is 65.5 Å². The Kier molecular flexibility index (Phi) is 7.89. The van der Waals surface area contributed by atoms with E-state index >= 15 is 0 Å². The average molecular weight is 483 g/mol. The first-order valence-electron chi connectivity index (χ1n) is 12.3. The highest BCUT2D eigenvalue weighted by atomic mass is 35.5. The predicted octanol–water partition coefficient (Wildman–Crippen LogP) is 4.45. The number of benzene rings is 1. The van der Waals surface area contributed by atoms with Crippen LogP contribution in [0, 0.1) is 11.3 Å². The lowest BCUT2D eigenvalue weighted by Crippen LogP contribution is -2.45. The number of amides is 2. The molecule has 2 aromatic rings. The molecule has 1 spiro atoms. The monoisotopic (exact) mass is 482 g/mol. The number of carbonyl (C=O) groups excluding carboxylic acids is 2. The molecule has 2 amide bonds. The Morgan fingerprint density at radius 1 is 1.12 bits per heavy atom. The van der Waals surface area contributed by atoms with Gasteiger partial charge in [-0.25, -0.2) is 0 Å². The minimum atomic E-state index is -0.216. The zero-order chi connectivity index (χ0) is 24.1. The second-order valence-electron chi connectivity index (χ2n) is 9.99. The molecule has 7 heteroatoms. The number of nitrogens with zero attached hydrogens (tertiary/aromatic N) is 3. The normalized spacial score (nSPS) is 19.1. The first-order chi connectivity index (χ1) is 16.4. The highest BCUT2D eigenvalue weighted by molar-refractivity contribution is 6.31. The molecule has 1 aromatic heterocycles. The summed E-state index contributed by atoms with van der Waals surface area (Å²) in [7, 11) is 0. The van der Waals surface area contributed by atoms with E-state index in [0.717, 1.165) is 63.0 Å². The second-order valence-corrected chi connectivity index (χ2v) is 10.4. The SMILES string of the molecule is CC(C)C(=O)NC(CCN1CCC2(CC1)CCN(Cc1cccnc1)C2=O)c1ccccc1Cl. The van der Waals surface area contributed by atoms with Crippen molar-refractivity contribution in [3.05, 3.63) is 64.9 Å². The zero-order valence-electron chi connectivity index (χ0n) is 20.2. The van der Waals surface area contributed by atoms with Gasteiger partial charge in [0.1, 0.15) is 0 Å². The van der Waals surface area contributed by atoms with Crippen LogP contribution in [0.4, 0.5) is 0 Å². The minimum absolute atomic E-state index is 0.0350. The van der Waals surface area contributed by atoms with Crippen molar-refractivity contribution >= 4 is 23.4 Å². The van der Waals surface area contributed by atoms with E-state index in [2.05, 4.69) is 15.2 Å². The van der Waals surface area contributed by atoms with Gasteiger partial charge in [0, 0.05) is 43.0 Å². The number of pyridine rings is 1. The fourth-order valence-electron chi connectivity index (χ4n) is 5.14. The van der Waals surface area contributed by atoms with Gasteiger partial charge in [0.2, 0.25) is 11.8 Å². The molecule has 3 heterocycles. The summed E-state index contributed by atoms with van der Waals surface area (Å²) < 4.78 is 0. The van der Waals surface area contributed by atoms with E-state index < -0.39 is 0 Å². The van der Waals surface area contributed by atoms with Gasteiger partial charge in [-0.15, -0.1) is 0 Å².